The highest BCUT2D eigenvalue weighted by Crippen LogP contribution is 2.46. The highest BCUT2D eigenvalue weighted by Gasteiger charge is 2.62. The number of ether oxygens (including phenoxy) is 1. The Kier molecular flexibility index (Phi) is 9.74. The third kappa shape index (κ3) is 7.36. The number of fused-ring (bicyclic) bond motifs is 5. The second-order valence-electron chi connectivity index (χ2n) is 14.8. The smallest absolute Gasteiger partial charge is 0.259 e. The van der Waals surface area contributed by atoms with Crippen LogP contribution in [0.4, 0.5) is 4.39 Å². The number of rotatable bonds is 7. The summed E-state index contributed by atoms with van der Waals surface area (Å²) in [4.78, 5) is 66.6. The zero-order valence-corrected chi connectivity index (χ0v) is 30.8. The zero-order chi connectivity index (χ0) is 38.3. The minimum absolute atomic E-state index is 0.000390. The number of carbonyl (C=O) groups excluding carboxylic acids is 4. The zero-order valence-electron chi connectivity index (χ0n) is 29.9. The monoisotopic (exact) mass is 768 g/mol. The van der Waals surface area contributed by atoms with E-state index in [1.165, 1.54) is 23.1 Å². The number of aromatic nitrogens is 2. The number of benzene rings is 2. The number of carbonyl (C=O) groups is 4. The van der Waals surface area contributed by atoms with Crippen molar-refractivity contribution in [2.75, 3.05) is 6.54 Å². The van der Waals surface area contributed by atoms with Crippen LogP contribution in [-0.2, 0) is 24.4 Å². The van der Waals surface area contributed by atoms with E-state index in [0.29, 0.717) is 43.1 Å². The first-order valence-electron chi connectivity index (χ1n) is 18.7. The molecule has 286 valence electrons. The van der Waals surface area contributed by atoms with Gasteiger partial charge < -0.3 is 20.3 Å². The maximum atomic E-state index is 14.7. The molecule has 2 aromatic carbocycles. The van der Waals surface area contributed by atoms with Crippen molar-refractivity contribution in [3.05, 3.63) is 90.4 Å². The summed E-state index contributed by atoms with van der Waals surface area (Å²) in [6.07, 6.45) is 8.63. The van der Waals surface area contributed by atoms with E-state index in [1.54, 1.807) is 6.20 Å². The first-order valence-corrected chi connectivity index (χ1v) is 20.3. The summed E-state index contributed by atoms with van der Waals surface area (Å²) in [5.74, 6) is -3.74. The van der Waals surface area contributed by atoms with Crippen molar-refractivity contribution < 1.29 is 36.7 Å². The average molecular weight is 769 g/mol. The molecule has 0 bridgehead atoms. The summed E-state index contributed by atoms with van der Waals surface area (Å²) < 4.78 is 49.1. The lowest BCUT2D eigenvalue weighted by Crippen LogP contribution is -2.58. The Hall–Kier alpha value is -5.44. The van der Waals surface area contributed by atoms with Gasteiger partial charge in [-0.25, -0.2) is 17.8 Å². The Morgan fingerprint density at radius 3 is 2.51 bits per heavy atom. The molecule has 1 saturated heterocycles. The van der Waals surface area contributed by atoms with Gasteiger partial charge in [-0.2, -0.15) is 4.98 Å². The Morgan fingerprint density at radius 1 is 0.945 bits per heavy atom. The summed E-state index contributed by atoms with van der Waals surface area (Å²) in [5, 5.41) is 7.33. The fourth-order valence-electron chi connectivity index (χ4n) is 7.73. The van der Waals surface area contributed by atoms with Gasteiger partial charge in [-0.15, -0.1) is 0 Å². The van der Waals surface area contributed by atoms with Gasteiger partial charge in [0.05, 0.1) is 17.4 Å². The third-order valence-corrected chi connectivity index (χ3v) is 12.8. The first kappa shape index (κ1) is 36.5. The molecule has 0 unspecified atom stereocenters. The molecule has 55 heavy (non-hydrogen) atoms. The van der Waals surface area contributed by atoms with Crippen LogP contribution in [0.2, 0.25) is 0 Å². The maximum absolute atomic E-state index is 14.7. The van der Waals surface area contributed by atoms with Crippen molar-refractivity contribution >= 4 is 55.5 Å². The molecule has 4 aliphatic rings. The first-order chi connectivity index (χ1) is 26.5. The van der Waals surface area contributed by atoms with Gasteiger partial charge in [0, 0.05) is 29.3 Å². The van der Waals surface area contributed by atoms with Crippen LogP contribution in [0.15, 0.2) is 79.0 Å². The normalized spacial score (nSPS) is 25.9. The Morgan fingerprint density at radius 2 is 1.71 bits per heavy atom. The van der Waals surface area contributed by atoms with Gasteiger partial charge in [0.2, 0.25) is 27.7 Å². The van der Waals surface area contributed by atoms with E-state index in [2.05, 4.69) is 20.3 Å². The second kappa shape index (κ2) is 14.7. The molecule has 13 nitrogen and oxygen atoms in total. The van der Waals surface area contributed by atoms with E-state index in [4.69, 9.17) is 9.72 Å². The molecule has 0 radical (unpaired) electrons. The largest absolute Gasteiger partial charge is 0.472 e. The van der Waals surface area contributed by atoms with E-state index in [-0.39, 0.29) is 37.3 Å². The molecule has 4 aromatic rings. The van der Waals surface area contributed by atoms with Gasteiger partial charge in [-0.1, -0.05) is 55.3 Å². The van der Waals surface area contributed by atoms with Crippen molar-refractivity contribution in [2.24, 2.45) is 5.92 Å². The van der Waals surface area contributed by atoms with Crippen LogP contribution < -0.4 is 20.1 Å². The Bertz CT molecular complexity index is 2340. The van der Waals surface area contributed by atoms with Gasteiger partial charge >= 0.3 is 0 Å². The average Bonchev–Trinajstić information content (AvgIpc) is 4.10. The van der Waals surface area contributed by atoms with E-state index in [0.717, 1.165) is 23.3 Å². The van der Waals surface area contributed by atoms with Crippen LogP contribution in [0.1, 0.15) is 68.1 Å². The van der Waals surface area contributed by atoms with E-state index >= 15 is 0 Å². The molecule has 2 aliphatic carbocycles. The molecule has 5 atom stereocenters. The van der Waals surface area contributed by atoms with Crippen molar-refractivity contribution in [3.63, 3.8) is 0 Å². The number of hydrogen-bond donors (Lipinski definition) is 3. The molecular weight excluding hydrogens is 728 g/mol. The van der Waals surface area contributed by atoms with Crippen LogP contribution in [0.5, 0.6) is 5.88 Å². The maximum Gasteiger partial charge on any atom is 0.259 e. The number of nitrogens with zero attached hydrogens (tertiary/aromatic N) is 3. The summed E-state index contributed by atoms with van der Waals surface area (Å²) in [7, 11) is -3.92. The van der Waals surface area contributed by atoms with Crippen LogP contribution in [-0.4, -0.2) is 82.4 Å². The number of sulfonamides is 1. The molecule has 4 amide bonds. The van der Waals surface area contributed by atoms with Crippen LogP contribution >= 0.6 is 0 Å². The van der Waals surface area contributed by atoms with Gasteiger partial charge in [-0.05, 0) is 74.2 Å². The number of pyridine rings is 2. The van der Waals surface area contributed by atoms with Gasteiger partial charge in [0.25, 0.3) is 11.8 Å². The molecule has 2 saturated carbocycles. The van der Waals surface area contributed by atoms with Crippen LogP contribution in [0, 0.1) is 11.7 Å². The molecule has 15 heteroatoms. The van der Waals surface area contributed by atoms with Crippen molar-refractivity contribution in [1.29, 1.82) is 0 Å². The summed E-state index contributed by atoms with van der Waals surface area (Å²) in [6, 6.07) is 14.5. The fourth-order valence-corrected chi connectivity index (χ4v) is 9.10. The number of allylic oxidation sites excluding steroid dienone is 1. The second-order valence-corrected chi connectivity index (χ2v) is 16.8. The number of amides is 4. The molecule has 2 aliphatic heterocycles. The number of halogens is 1. The molecule has 2 aromatic heterocycles. The predicted octanol–water partition coefficient (Wildman–Crippen LogP) is 4.07. The van der Waals surface area contributed by atoms with Crippen LogP contribution in [0.3, 0.4) is 0 Å². The molecule has 0 spiro atoms. The van der Waals surface area contributed by atoms with Crippen molar-refractivity contribution in [2.45, 2.75) is 86.8 Å². The highest BCUT2D eigenvalue weighted by molar-refractivity contribution is 7.91. The van der Waals surface area contributed by atoms with Gasteiger partial charge in [-0.3, -0.25) is 23.9 Å². The van der Waals surface area contributed by atoms with Gasteiger partial charge in [0.15, 0.2) is 5.65 Å². The summed E-state index contributed by atoms with van der Waals surface area (Å²) in [5.41, 5.74) is -1.30. The fraction of sp³-hybridized carbons (Fsp3) is 0.400. The Labute approximate surface area is 317 Å². The third-order valence-electron chi connectivity index (χ3n) is 11.0. The molecule has 3 N–H and O–H groups in total. The standard InChI is InChI=1S/C40H41FN6O7S/c41-31-16-9-8-14-30(31)35(48)43-32-17-5-3-1-2-4-11-24-22-40(24,39(51)46-55(52,53)26-18-19-26)45-36(49)33-21-25(23-47(33)38(32)50)54-37-29-13-7-6-12-27(29)28-15-10-20-42-34(28)44-37/h4,6-16,20,24-26,32-33H,1-3,5,17-19,21-23H2,(H,43,48)(H,45,49)(H,46,51)/t24-,25-,32+,33+,40-/m1/s1. The minimum atomic E-state index is -3.92. The predicted molar refractivity (Wildman–Crippen MR) is 201 cm³/mol. The van der Waals surface area contributed by atoms with Gasteiger partial charge in [0.1, 0.15) is 29.5 Å². The van der Waals surface area contributed by atoms with E-state index in [9.17, 15) is 32.0 Å². The number of hydrogen-bond acceptors (Lipinski definition) is 9. The summed E-state index contributed by atoms with van der Waals surface area (Å²) >= 11 is 0. The minimum Gasteiger partial charge on any atom is -0.472 e. The van der Waals surface area contributed by atoms with Crippen molar-refractivity contribution in [3.8, 4) is 5.88 Å². The topological polar surface area (TPSA) is 177 Å². The molecule has 3 fully saturated rings. The quantitative estimate of drug-likeness (QED) is 0.185. The number of nitrogens with one attached hydrogen (secondary N) is 3. The molecule has 8 rings (SSSR count). The Balaban J connectivity index is 1.13. The molecular formula is C40H41FN6O7S. The SMILES string of the molecule is O=C(N[C@H]1CCCCCC=C[C@@H]2C[C@@]2(C(=O)NS(=O)(=O)C2CC2)NC(=O)[C@@H]2C[C@@H](Oc3nc4ncccc4c4ccccc34)CN2C1=O)c1ccccc1F. The lowest BCUT2D eigenvalue weighted by atomic mass is 10.0. The lowest BCUT2D eigenvalue weighted by molar-refractivity contribution is -0.141. The molecule has 4 heterocycles. The van der Waals surface area contributed by atoms with Crippen molar-refractivity contribution in [1.82, 2.24) is 30.2 Å². The van der Waals surface area contributed by atoms with E-state index in [1.807, 2.05) is 48.6 Å². The van der Waals surface area contributed by atoms with Crippen LogP contribution in [0.25, 0.3) is 21.8 Å². The highest BCUT2D eigenvalue weighted by atomic mass is 32.2. The summed E-state index contributed by atoms with van der Waals surface area (Å²) in [6.45, 7) is -0.0716. The van der Waals surface area contributed by atoms with E-state index < -0.39 is 74.4 Å². The lowest BCUT2D eigenvalue weighted by Gasteiger charge is -2.30.